The molecule has 0 heterocycles. The van der Waals surface area contributed by atoms with Crippen LogP contribution in [-0.2, 0) is 22.4 Å². The van der Waals surface area contributed by atoms with Gasteiger partial charge in [0.15, 0.2) is 0 Å². The second-order valence-corrected chi connectivity index (χ2v) is 6.03. The molecular formula is C14H14FNO3S. The summed E-state index contributed by atoms with van der Waals surface area (Å²) in [5, 5.41) is 9.16. The van der Waals surface area contributed by atoms with Crippen molar-refractivity contribution in [1.82, 2.24) is 0 Å². The van der Waals surface area contributed by atoms with E-state index in [2.05, 4.69) is 4.72 Å². The van der Waals surface area contributed by atoms with Crippen molar-refractivity contribution in [2.24, 2.45) is 0 Å². The Bertz CT molecular complexity index is 684. The number of aliphatic hydroxyl groups excluding tert-OH is 1. The first-order chi connectivity index (χ1) is 9.50. The fourth-order valence-corrected chi connectivity index (χ4v) is 3.00. The Balaban J connectivity index is 2.17. The second kappa shape index (κ2) is 6.02. The zero-order chi connectivity index (χ0) is 14.6. The van der Waals surface area contributed by atoms with Crippen molar-refractivity contribution >= 4 is 15.7 Å². The molecular weight excluding hydrogens is 281 g/mol. The van der Waals surface area contributed by atoms with Crippen LogP contribution in [-0.4, -0.2) is 13.5 Å². The van der Waals surface area contributed by atoms with E-state index in [9.17, 15) is 12.8 Å². The van der Waals surface area contributed by atoms with Crippen molar-refractivity contribution < 1.29 is 17.9 Å². The number of para-hydroxylation sites is 1. The van der Waals surface area contributed by atoms with Gasteiger partial charge in [-0.15, -0.1) is 0 Å². The molecule has 106 valence electrons. The number of hydrogen-bond donors (Lipinski definition) is 2. The van der Waals surface area contributed by atoms with E-state index in [1.54, 1.807) is 24.3 Å². The van der Waals surface area contributed by atoms with Crippen LogP contribution in [0.5, 0.6) is 0 Å². The molecule has 0 saturated carbocycles. The topological polar surface area (TPSA) is 66.4 Å². The molecule has 0 aromatic heterocycles. The normalized spacial score (nSPS) is 11.3. The largest absolute Gasteiger partial charge is 0.392 e. The number of halogens is 1. The van der Waals surface area contributed by atoms with Gasteiger partial charge in [0.05, 0.1) is 18.0 Å². The Kier molecular flexibility index (Phi) is 4.36. The predicted molar refractivity (Wildman–Crippen MR) is 75.0 cm³/mol. The lowest BCUT2D eigenvalue weighted by Gasteiger charge is -2.11. The minimum Gasteiger partial charge on any atom is -0.392 e. The lowest BCUT2D eigenvalue weighted by Crippen LogP contribution is -2.16. The SMILES string of the molecule is O=S(=O)(Cc1ccc(F)cc1)Nc1ccccc1CO. The van der Waals surface area contributed by atoms with Gasteiger partial charge in [-0.3, -0.25) is 4.72 Å². The zero-order valence-corrected chi connectivity index (χ0v) is 11.4. The predicted octanol–water partition coefficient (Wildman–Crippen LogP) is 2.26. The van der Waals surface area contributed by atoms with Crippen molar-refractivity contribution in [3.63, 3.8) is 0 Å². The first-order valence-electron chi connectivity index (χ1n) is 5.94. The van der Waals surface area contributed by atoms with Crippen molar-refractivity contribution in [3.8, 4) is 0 Å². The molecule has 2 aromatic carbocycles. The zero-order valence-electron chi connectivity index (χ0n) is 10.6. The highest BCUT2D eigenvalue weighted by Crippen LogP contribution is 2.18. The third kappa shape index (κ3) is 3.79. The third-order valence-electron chi connectivity index (χ3n) is 2.72. The fraction of sp³-hybridized carbons (Fsp3) is 0.143. The van der Waals surface area contributed by atoms with E-state index >= 15 is 0 Å². The minimum absolute atomic E-state index is 0.255. The molecule has 0 aliphatic heterocycles. The molecule has 2 rings (SSSR count). The first kappa shape index (κ1) is 14.5. The number of hydrogen-bond acceptors (Lipinski definition) is 3. The van der Waals surface area contributed by atoms with Gasteiger partial charge in [0.2, 0.25) is 10.0 Å². The standard InChI is InChI=1S/C14H14FNO3S/c15-13-7-5-11(6-8-13)10-20(18,19)16-14-4-2-1-3-12(14)9-17/h1-8,16-17H,9-10H2. The van der Waals surface area contributed by atoms with E-state index in [1.807, 2.05) is 0 Å². The van der Waals surface area contributed by atoms with Gasteiger partial charge in [0, 0.05) is 5.56 Å². The van der Waals surface area contributed by atoms with Crippen LogP contribution in [0.1, 0.15) is 11.1 Å². The smallest absolute Gasteiger partial charge is 0.236 e. The van der Waals surface area contributed by atoms with Gasteiger partial charge < -0.3 is 5.11 Å². The van der Waals surface area contributed by atoms with Gasteiger partial charge in [0.1, 0.15) is 5.82 Å². The fourth-order valence-electron chi connectivity index (χ4n) is 1.76. The number of rotatable bonds is 5. The van der Waals surface area contributed by atoms with Crippen LogP contribution in [0.25, 0.3) is 0 Å². The minimum atomic E-state index is -3.62. The van der Waals surface area contributed by atoms with Gasteiger partial charge in [-0.2, -0.15) is 0 Å². The number of anilines is 1. The molecule has 0 aliphatic rings. The van der Waals surface area contributed by atoms with Gasteiger partial charge in [-0.1, -0.05) is 30.3 Å². The summed E-state index contributed by atoms with van der Waals surface area (Å²) >= 11 is 0. The van der Waals surface area contributed by atoms with Gasteiger partial charge in [-0.25, -0.2) is 12.8 Å². The van der Waals surface area contributed by atoms with Crippen molar-refractivity contribution in [1.29, 1.82) is 0 Å². The molecule has 0 unspecified atom stereocenters. The van der Waals surface area contributed by atoms with E-state index < -0.39 is 15.8 Å². The summed E-state index contributed by atoms with van der Waals surface area (Å²) in [4.78, 5) is 0. The van der Waals surface area contributed by atoms with E-state index in [0.717, 1.165) is 0 Å². The van der Waals surface area contributed by atoms with Crippen LogP contribution < -0.4 is 4.72 Å². The summed E-state index contributed by atoms with van der Waals surface area (Å²) in [7, 11) is -3.62. The average Bonchev–Trinajstić information content (AvgIpc) is 2.41. The molecule has 4 nitrogen and oxygen atoms in total. The Morgan fingerprint density at radius 2 is 1.70 bits per heavy atom. The van der Waals surface area contributed by atoms with Crippen LogP contribution in [0.4, 0.5) is 10.1 Å². The van der Waals surface area contributed by atoms with Crippen molar-refractivity contribution in [2.45, 2.75) is 12.4 Å². The number of aliphatic hydroxyl groups is 1. The molecule has 0 atom stereocenters. The molecule has 2 aromatic rings. The molecule has 0 aliphatic carbocycles. The number of benzene rings is 2. The summed E-state index contributed by atoms with van der Waals surface area (Å²) in [6, 6.07) is 11.9. The maximum absolute atomic E-state index is 12.8. The van der Waals surface area contributed by atoms with E-state index in [4.69, 9.17) is 5.11 Å². The Morgan fingerprint density at radius 1 is 1.05 bits per heavy atom. The lowest BCUT2D eigenvalue weighted by molar-refractivity contribution is 0.282. The van der Waals surface area contributed by atoms with Crippen LogP contribution in [0.15, 0.2) is 48.5 Å². The third-order valence-corrected chi connectivity index (χ3v) is 3.97. The highest BCUT2D eigenvalue weighted by atomic mass is 32.2. The van der Waals surface area contributed by atoms with Crippen LogP contribution >= 0.6 is 0 Å². The Labute approximate surface area is 116 Å². The Hall–Kier alpha value is -1.92. The van der Waals surface area contributed by atoms with E-state index in [0.29, 0.717) is 16.8 Å². The van der Waals surface area contributed by atoms with Crippen LogP contribution in [0, 0.1) is 5.82 Å². The van der Waals surface area contributed by atoms with Crippen molar-refractivity contribution in [3.05, 3.63) is 65.5 Å². The van der Waals surface area contributed by atoms with Gasteiger partial charge >= 0.3 is 0 Å². The van der Waals surface area contributed by atoms with Crippen LogP contribution in [0.2, 0.25) is 0 Å². The quantitative estimate of drug-likeness (QED) is 0.889. The van der Waals surface area contributed by atoms with E-state index in [-0.39, 0.29) is 12.4 Å². The molecule has 0 spiro atoms. The molecule has 0 bridgehead atoms. The van der Waals surface area contributed by atoms with E-state index in [1.165, 1.54) is 24.3 Å². The molecule has 0 saturated heterocycles. The number of nitrogens with one attached hydrogen (secondary N) is 1. The summed E-state index contributed by atoms with van der Waals surface area (Å²) in [6.45, 7) is -0.255. The summed E-state index contributed by atoms with van der Waals surface area (Å²) in [5.74, 6) is -0.669. The second-order valence-electron chi connectivity index (χ2n) is 4.30. The highest BCUT2D eigenvalue weighted by Gasteiger charge is 2.13. The number of sulfonamides is 1. The molecule has 0 fully saturated rings. The highest BCUT2D eigenvalue weighted by molar-refractivity contribution is 7.91. The lowest BCUT2D eigenvalue weighted by atomic mass is 10.2. The van der Waals surface area contributed by atoms with Crippen molar-refractivity contribution in [2.75, 3.05) is 4.72 Å². The van der Waals surface area contributed by atoms with Crippen LogP contribution in [0.3, 0.4) is 0 Å². The van der Waals surface area contributed by atoms with Gasteiger partial charge in [0.25, 0.3) is 0 Å². The summed E-state index contributed by atoms with van der Waals surface area (Å²) in [5.41, 5.74) is 1.33. The maximum Gasteiger partial charge on any atom is 0.236 e. The first-order valence-corrected chi connectivity index (χ1v) is 7.59. The summed E-state index contributed by atoms with van der Waals surface area (Å²) < 4.78 is 39.3. The Morgan fingerprint density at radius 3 is 2.35 bits per heavy atom. The molecule has 20 heavy (non-hydrogen) atoms. The van der Waals surface area contributed by atoms with Gasteiger partial charge in [-0.05, 0) is 23.8 Å². The molecule has 2 N–H and O–H groups in total. The maximum atomic E-state index is 12.8. The monoisotopic (exact) mass is 295 g/mol. The molecule has 6 heteroatoms. The molecule has 0 amide bonds. The summed E-state index contributed by atoms with van der Waals surface area (Å²) in [6.07, 6.45) is 0. The molecule has 0 radical (unpaired) electrons. The average molecular weight is 295 g/mol.